The van der Waals surface area contributed by atoms with Crippen molar-refractivity contribution in [1.82, 2.24) is 20.4 Å². The van der Waals surface area contributed by atoms with Gasteiger partial charge in [-0.1, -0.05) is 15.9 Å². The quantitative estimate of drug-likeness (QED) is 0.640. The van der Waals surface area contributed by atoms with Crippen LogP contribution in [0.5, 0.6) is 0 Å². The lowest BCUT2D eigenvalue weighted by Gasteiger charge is -2.30. The lowest BCUT2D eigenvalue weighted by Crippen LogP contribution is -2.40. The molecule has 0 atom stereocenters. The molecule has 1 N–H and O–H groups in total. The number of methoxy groups -OCH3 is 1. The number of rotatable bonds is 8. The highest BCUT2D eigenvalue weighted by Gasteiger charge is 2.25. The Morgan fingerprint density at radius 3 is 2.74 bits per heavy atom. The lowest BCUT2D eigenvalue weighted by atomic mass is 9.96. The highest BCUT2D eigenvalue weighted by molar-refractivity contribution is 9.10. The SMILES string of the molecule is COCCCNC(=O)C1CCN(Cc2nnc(-c3ccc(Br)cc3)o2)CC1. The van der Waals surface area contributed by atoms with Crippen LogP contribution >= 0.6 is 15.9 Å². The van der Waals surface area contributed by atoms with E-state index in [1.165, 1.54) is 0 Å². The van der Waals surface area contributed by atoms with Crippen molar-refractivity contribution in [3.8, 4) is 11.5 Å². The Morgan fingerprint density at radius 1 is 1.30 bits per heavy atom. The van der Waals surface area contributed by atoms with E-state index in [9.17, 15) is 4.79 Å². The Labute approximate surface area is 167 Å². The lowest BCUT2D eigenvalue weighted by molar-refractivity contribution is -0.126. The number of ether oxygens (including phenoxy) is 1. The number of hydrogen-bond acceptors (Lipinski definition) is 6. The van der Waals surface area contributed by atoms with Crippen LogP contribution in [0.15, 0.2) is 33.2 Å². The van der Waals surface area contributed by atoms with Gasteiger partial charge in [0.2, 0.25) is 17.7 Å². The van der Waals surface area contributed by atoms with Gasteiger partial charge in [-0.15, -0.1) is 10.2 Å². The summed E-state index contributed by atoms with van der Waals surface area (Å²) in [4.78, 5) is 14.5. The van der Waals surface area contributed by atoms with Crippen LogP contribution in [0.1, 0.15) is 25.2 Å². The van der Waals surface area contributed by atoms with Gasteiger partial charge in [-0.3, -0.25) is 9.69 Å². The number of piperidine rings is 1. The summed E-state index contributed by atoms with van der Waals surface area (Å²) in [6.45, 7) is 3.67. The van der Waals surface area contributed by atoms with Gasteiger partial charge < -0.3 is 14.5 Å². The number of nitrogens with one attached hydrogen (secondary N) is 1. The maximum Gasteiger partial charge on any atom is 0.247 e. The summed E-state index contributed by atoms with van der Waals surface area (Å²) in [6, 6.07) is 7.78. The molecule has 1 aromatic carbocycles. The highest BCUT2D eigenvalue weighted by atomic mass is 79.9. The Morgan fingerprint density at radius 2 is 2.04 bits per heavy atom. The second-order valence-corrected chi connectivity index (χ2v) is 7.61. The van der Waals surface area contributed by atoms with E-state index in [4.69, 9.17) is 9.15 Å². The molecule has 1 amide bonds. The first-order valence-electron chi connectivity index (χ1n) is 9.23. The number of hydrogen-bond donors (Lipinski definition) is 1. The maximum atomic E-state index is 12.2. The van der Waals surface area contributed by atoms with E-state index in [2.05, 4.69) is 36.3 Å². The molecule has 146 valence electrons. The number of aromatic nitrogens is 2. The van der Waals surface area contributed by atoms with Gasteiger partial charge in [-0.05, 0) is 56.6 Å². The standard InChI is InChI=1S/C19H25BrN4O3/c1-26-12-2-9-21-18(25)14-7-10-24(11-8-14)13-17-22-23-19(27-17)15-3-5-16(20)6-4-15/h3-6,14H,2,7-13H2,1H3,(H,21,25). The largest absolute Gasteiger partial charge is 0.419 e. The zero-order chi connectivity index (χ0) is 19.1. The molecule has 0 radical (unpaired) electrons. The van der Waals surface area contributed by atoms with Gasteiger partial charge in [0, 0.05) is 36.2 Å². The molecule has 3 rings (SSSR count). The Hall–Kier alpha value is -1.77. The minimum atomic E-state index is 0.0878. The number of likely N-dealkylation sites (tertiary alicyclic amines) is 1. The van der Waals surface area contributed by atoms with Crippen LogP contribution in [0.2, 0.25) is 0 Å². The van der Waals surface area contributed by atoms with Crippen molar-refractivity contribution in [1.29, 1.82) is 0 Å². The molecule has 0 unspecified atom stereocenters. The third kappa shape index (κ3) is 5.85. The predicted molar refractivity (Wildman–Crippen MR) is 105 cm³/mol. The van der Waals surface area contributed by atoms with E-state index in [-0.39, 0.29) is 11.8 Å². The Bertz CT molecular complexity index is 727. The van der Waals surface area contributed by atoms with Crippen molar-refractivity contribution in [2.45, 2.75) is 25.8 Å². The third-order valence-electron chi connectivity index (χ3n) is 4.70. The number of carbonyl (C=O) groups excluding carboxylic acids is 1. The molecular weight excluding hydrogens is 412 g/mol. The van der Waals surface area contributed by atoms with E-state index in [1.807, 2.05) is 24.3 Å². The van der Waals surface area contributed by atoms with Crippen molar-refractivity contribution in [3.05, 3.63) is 34.6 Å². The van der Waals surface area contributed by atoms with Crippen molar-refractivity contribution < 1.29 is 13.9 Å². The van der Waals surface area contributed by atoms with Crippen LogP contribution in [-0.4, -0.2) is 54.4 Å². The molecule has 0 bridgehead atoms. The normalized spacial score (nSPS) is 15.8. The number of carbonyl (C=O) groups is 1. The Kier molecular flexibility index (Phi) is 7.37. The van der Waals surface area contributed by atoms with Crippen molar-refractivity contribution >= 4 is 21.8 Å². The minimum absolute atomic E-state index is 0.0878. The highest BCUT2D eigenvalue weighted by Crippen LogP contribution is 2.22. The van der Waals surface area contributed by atoms with Gasteiger partial charge in [0.15, 0.2) is 0 Å². The number of benzene rings is 1. The third-order valence-corrected chi connectivity index (χ3v) is 5.23. The van der Waals surface area contributed by atoms with Crippen molar-refractivity contribution in [2.75, 3.05) is 33.4 Å². The molecule has 1 saturated heterocycles. The molecule has 27 heavy (non-hydrogen) atoms. The summed E-state index contributed by atoms with van der Waals surface area (Å²) in [5.41, 5.74) is 0.904. The molecule has 7 nitrogen and oxygen atoms in total. The smallest absolute Gasteiger partial charge is 0.247 e. The summed E-state index contributed by atoms with van der Waals surface area (Å²) in [6.07, 6.45) is 2.55. The van der Waals surface area contributed by atoms with Crippen molar-refractivity contribution in [3.63, 3.8) is 0 Å². The fraction of sp³-hybridized carbons (Fsp3) is 0.526. The van der Waals surface area contributed by atoms with Gasteiger partial charge in [0.1, 0.15) is 0 Å². The summed E-state index contributed by atoms with van der Waals surface area (Å²) in [5.74, 6) is 1.38. The summed E-state index contributed by atoms with van der Waals surface area (Å²) >= 11 is 3.42. The molecule has 1 fully saturated rings. The molecule has 8 heteroatoms. The maximum absolute atomic E-state index is 12.2. The fourth-order valence-electron chi connectivity index (χ4n) is 3.14. The number of nitrogens with zero attached hydrogens (tertiary/aromatic N) is 3. The molecular formula is C19H25BrN4O3. The van der Waals surface area contributed by atoms with Crippen LogP contribution in [0, 0.1) is 5.92 Å². The summed E-state index contributed by atoms with van der Waals surface area (Å²) in [7, 11) is 1.67. The minimum Gasteiger partial charge on any atom is -0.419 e. The first-order valence-corrected chi connectivity index (χ1v) is 10.0. The second-order valence-electron chi connectivity index (χ2n) is 6.70. The average Bonchev–Trinajstić information content (AvgIpc) is 3.15. The molecule has 2 aromatic rings. The zero-order valence-corrected chi connectivity index (χ0v) is 17.1. The average molecular weight is 437 g/mol. The van der Waals surface area contributed by atoms with E-state index in [0.29, 0.717) is 31.5 Å². The summed E-state index contributed by atoms with van der Waals surface area (Å²) < 4.78 is 11.8. The van der Waals surface area contributed by atoms with Crippen LogP contribution in [0.3, 0.4) is 0 Å². The Balaban J connectivity index is 1.44. The number of amides is 1. The van der Waals surface area contributed by atoms with Crippen LogP contribution in [0.25, 0.3) is 11.5 Å². The van der Waals surface area contributed by atoms with Gasteiger partial charge in [-0.25, -0.2) is 0 Å². The first kappa shape index (κ1) is 20.0. The molecule has 0 spiro atoms. The monoisotopic (exact) mass is 436 g/mol. The molecule has 1 aliphatic rings. The first-order chi connectivity index (χ1) is 13.2. The van der Waals surface area contributed by atoms with Gasteiger partial charge in [-0.2, -0.15) is 0 Å². The van der Waals surface area contributed by atoms with Crippen LogP contribution in [0.4, 0.5) is 0 Å². The van der Waals surface area contributed by atoms with Crippen molar-refractivity contribution in [2.24, 2.45) is 5.92 Å². The topological polar surface area (TPSA) is 80.5 Å². The molecule has 0 saturated carbocycles. The van der Waals surface area contributed by atoms with E-state index in [0.717, 1.165) is 42.4 Å². The summed E-state index contributed by atoms with van der Waals surface area (Å²) in [5, 5.41) is 11.3. The van der Waals surface area contributed by atoms with E-state index in [1.54, 1.807) is 7.11 Å². The van der Waals surface area contributed by atoms with E-state index < -0.39 is 0 Å². The number of halogens is 1. The fourth-order valence-corrected chi connectivity index (χ4v) is 3.41. The zero-order valence-electron chi connectivity index (χ0n) is 15.5. The molecule has 1 aromatic heterocycles. The van der Waals surface area contributed by atoms with Gasteiger partial charge in [0.05, 0.1) is 6.54 Å². The van der Waals surface area contributed by atoms with E-state index >= 15 is 0 Å². The second kappa shape index (κ2) is 9.96. The molecule has 1 aliphatic heterocycles. The predicted octanol–water partition coefficient (Wildman–Crippen LogP) is 2.86. The van der Waals surface area contributed by atoms with Gasteiger partial charge in [0.25, 0.3) is 0 Å². The molecule has 2 heterocycles. The van der Waals surface area contributed by atoms with Crippen LogP contribution in [-0.2, 0) is 16.1 Å². The molecule has 0 aliphatic carbocycles. The van der Waals surface area contributed by atoms with Crippen LogP contribution < -0.4 is 5.32 Å². The van der Waals surface area contributed by atoms with Gasteiger partial charge >= 0.3 is 0 Å².